The van der Waals surface area contributed by atoms with Crippen LogP contribution in [-0.4, -0.2) is 20.4 Å². The Labute approximate surface area is 109 Å². The molecular weight excluding hydrogens is 251 g/mol. The van der Waals surface area contributed by atoms with Crippen LogP contribution in [0.15, 0.2) is 29.4 Å². The highest BCUT2D eigenvalue weighted by Gasteiger charge is 2.18. The van der Waals surface area contributed by atoms with Gasteiger partial charge >= 0.3 is 0 Å². The monoisotopic (exact) mass is 266 g/mol. The zero-order valence-corrected chi connectivity index (χ0v) is 11.0. The maximum Gasteiger partial charge on any atom is 0.208 e. The van der Waals surface area contributed by atoms with E-state index < -0.39 is 0 Å². The van der Waals surface area contributed by atoms with E-state index in [4.69, 9.17) is 5.73 Å². The van der Waals surface area contributed by atoms with Crippen molar-refractivity contribution in [2.45, 2.75) is 30.3 Å². The molecule has 0 radical (unpaired) electrons. The van der Waals surface area contributed by atoms with Crippen LogP contribution in [0.1, 0.15) is 24.4 Å². The van der Waals surface area contributed by atoms with Crippen LogP contribution in [0, 0.1) is 12.7 Å². The minimum Gasteiger partial charge on any atom is -0.323 e. The summed E-state index contributed by atoms with van der Waals surface area (Å²) in [6.07, 6.45) is 0. The molecule has 0 aliphatic rings. The molecule has 2 rings (SSSR count). The number of nitrogens with zero attached hydrogens (tertiary/aromatic N) is 2. The first-order valence-corrected chi connectivity index (χ1v) is 6.51. The van der Waals surface area contributed by atoms with Crippen molar-refractivity contribution in [3.8, 4) is 0 Å². The first-order valence-electron chi connectivity index (χ1n) is 5.63. The molecule has 6 heteroatoms. The molecule has 0 saturated carbocycles. The van der Waals surface area contributed by atoms with Crippen LogP contribution >= 0.6 is 11.8 Å². The standard InChI is InChI=1S/C12H15FN4S/c1-7(18-12-15-8(2)16-17-12)11(14)9-3-5-10(13)6-4-9/h3-7,11H,14H2,1-2H3,(H,15,16,17). The van der Waals surface area contributed by atoms with Crippen LogP contribution in [0.3, 0.4) is 0 Å². The summed E-state index contributed by atoms with van der Waals surface area (Å²) in [6.45, 7) is 3.85. The smallest absolute Gasteiger partial charge is 0.208 e. The average Bonchev–Trinajstić information content (AvgIpc) is 2.75. The van der Waals surface area contributed by atoms with E-state index >= 15 is 0 Å². The molecule has 18 heavy (non-hydrogen) atoms. The third-order valence-electron chi connectivity index (χ3n) is 2.63. The molecule has 2 unspecified atom stereocenters. The first kappa shape index (κ1) is 13.0. The molecule has 0 aliphatic heterocycles. The Hall–Kier alpha value is -1.40. The van der Waals surface area contributed by atoms with Crippen molar-refractivity contribution in [2.75, 3.05) is 0 Å². The zero-order chi connectivity index (χ0) is 13.1. The predicted octanol–water partition coefficient (Wildman–Crippen LogP) is 2.43. The Bertz CT molecular complexity index is 511. The molecule has 4 nitrogen and oxygen atoms in total. The van der Waals surface area contributed by atoms with E-state index in [1.54, 1.807) is 12.1 Å². The van der Waals surface area contributed by atoms with Crippen LogP contribution in [0.25, 0.3) is 0 Å². The van der Waals surface area contributed by atoms with Crippen molar-refractivity contribution in [1.29, 1.82) is 0 Å². The van der Waals surface area contributed by atoms with Crippen LogP contribution in [-0.2, 0) is 0 Å². The molecule has 2 atom stereocenters. The Balaban J connectivity index is 2.04. The van der Waals surface area contributed by atoms with Gasteiger partial charge in [0.25, 0.3) is 0 Å². The number of H-pyrrole nitrogens is 1. The van der Waals surface area contributed by atoms with E-state index in [1.807, 2.05) is 13.8 Å². The molecule has 1 aromatic carbocycles. The molecule has 0 aliphatic carbocycles. The van der Waals surface area contributed by atoms with Crippen LogP contribution in [0.5, 0.6) is 0 Å². The largest absolute Gasteiger partial charge is 0.323 e. The molecular formula is C12H15FN4S. The van der Waals surface area contributed by atoms with Crippen LogP contribution < -0.4 is 5.73 Å². The molecule has 1 heterocycles. The quantitative estimate of drug-likeness (QED) is 0.834. The number of thioether (sulfide) groups is 1. The SMILES string of the molecule is Cc1nc(SC(C)C(N)c2ccc(F)cc2)n[nH]1. The van der Waals surface area contributed by atoms with Crippen molar-refractivity contribution in [3.05, 3.63) is 41.5 Å². The normalized spacial score (nSPS) is 14.4. The second-order valence-electron chi connectivity index (χ2n) is 4.10. The fourth-order valence-electron chi connectivity index (χ4n) is 1.57. The number of nitrogens with two attached hydrogens (primary N) is 1. The van der Waals surface area contributed by atoms with Gasteiger partial charge < -0.3 is 5.73 Å². The molecule has 3 N–H and O–H groups in total. The lowest BCUT2D eigenvalue weighted by Gasteiger charge is -2.18. The van der Waals surface area contributed by atoms with Crippen molar-refractivity contribution in [1.82, 2.24) is 15.2 Å². The maximum atomic E-state index is 12.8. The van der Waals surface area contributed by atoms with E-state index in [9.17, 15) is 4.39 Å². The minimum atomic E-state index is -0.254. The summed E-state index contributed by atoms with van der Waals surface area (Å²) in [5.41, 5.74) is 7.04. The average molecular weight is 266 g/mol. The van der Waals surface area contributed by atoms with E-state index in [0.29, 0.717) is 5.16 Å². The fourth-order valence-corrected chi connectivity index (χ4v) is 2.49. The fraction of sp³-hybridized carbons (Fsp3) is 0.333. The third kappa shape index (κ3) is 3.08. The number of halogens is 1. The molecule has 1 aromatic heterocycles. The Morgan fingerprint density at radius 3 is 2.56 bits per heavy atom. The molecule has 0 bridgehead atoms. The summed E-state index contributed by atoms with van der Waals surface area (Å²) in [6, 6.07) is 6.07. The van der Waals surface area contributed by atoms with E-state index in [-0.39, 0.29) is 17.1 Å². The van der Waals surface area contributed by atoms with Crippen molar-refractivity contribution in [2.24, 2.45) is 5.73 Å². The van der Waals surface area contributed by atoms with Gasteiger partial charge in [-0.05, 0) is 24.6 Å². The van der Waals surface area contributed by atoms with Gasteiger partial charge in [0.1, 0.15) is 11.6 Å². The van der Waals surface area contributed by atoms with Gasteiger partial charge in [-0.3, -0.25) is 5.10 Å². The summed E-state index contributed by atoms with van der Waals surface area (Å²) in [4.78, 5) is 4.22. The Morgan fingerprint density at radius 2 is 2.00 bits per heavy atom. The Morgan fingerprint density at radius 1 is 1.33 bits per heavy atom. The van der Waals surface area contributed by atoms with E-state index in [1.165, 1.54) is 23.9 Å². The zero-order valence-electron chi connectivity index (χ0n) is 10.2. The molecule has 0 saturated heterocycles. The lowest BCUT2D eigenvalue weighted by atomic mass is 10.1. The second-order valence-corrected chi connectivity index (χ2v) is 5.45. The lowest BCUT2D eigenvalue weighted by Crippen LogP contribution is -2.21. The topological polar surface area (TPSA) is 67.6 Å². The van der Waals surface area contributed by atoms with Crippen molar-refractivity contribution >= 4 is 11.8 Å². The van der Waals surface area contributed by atoms with Gasteiger partial charge in [0.15, 0.2) is 0 Å². The molecule has 0 fully saturated rings. The number of aromatic nitrogens is 3. The van der Waals surface area contributed by atoms with E-state index in [2.05, 4.69) is 15.2 Å². The predicted molar refractivity (Wildman–Crippen MR) is 69.8 cm³/mol. The molecule has 0 amide bonds. The minimum absolute atomic E-state index is 0.102. The van der Waals surface area contributed by atoms with Crippen molar-refractivity contribution in [3.63, 3.8) is 0 Å². The summed E-state index contributed by atoms with van der Waals surface area (Å²) in [7, 11) is 0. The molecule has 96 valence electrons. The van der Waals surface area contributed by atoms with Gasteiger partial charge in [-0.15, -0.1) is 5.10 Å². The number of hydrogen-bond acceptors (Lipinski definition) is 4. The molecule has 0 spiro atoms. The van der Waals surface area contributed by atoms with Crippen LogP contribution in [0.4, 0.5) is 4.39 Å². The summed E-state index contributed by atoms with van der Waals surface area (Å²) < 4.78 is 12.8. The number of aromatic amines is 1. The van der Waals surface area contributed by atoms with Gasteiger partial charge in [-0.1, -0.05) is 30.8 Å². The van der Waals surface area contributed by atoms with Gasteiger partial charge in [-0.2, -0.15) is 0 Å². The first-order chi connectivity index (χ1) is 8.56. The van der Waals surface area contributed by atoms with Gasteiger partial charge in [0.05, 0.1) is 0 Å². The Kier molecular flexibility index (Phi) is 3.98. The van der Waals surface area contributed by atoms with E-state index in [0.717, 1.165) is 11.4 Å². The highest BCUT2D eigenvalue weighted by atomic mass is 32.2. The number of benzene rings is 1. The van der Waals surface area contributed by atoms with Gasteiger partial charge in [0, 0.05) is 11.3 Å². The molecule has 2 aromatic rings. The summed E-state index contributed by atoms with van der Waals surface area (Å²) in [5.74, 6) is 0.524. The number of nitrogens with one attached hydrogen (secondary N) is 1. The van der Waals surface area contributed by atoms with Gasteiger partial charge in [0.2, 0.25) is 5.16 Å². The number of hydrogen-bond donors (Lipinski definition) is 2. The summed E-state index contributed by atoms with van der Waals surface area (Å²) in [5, 5.41) is 7.63. The summed E-state index contributed by atoms with van der Waals surface area (Å²) >= 11 is 1.50. The third-order valence-corrected chi connectivity index (χ3v) is 3.69. The number of rotatable bonds is 4. The van der Waals surface area contributed by atoms with Crippen molar-refractivity contribution < 1.29 is 4.39 Å². The highest BCUT2D eigenvalue weighted by molar-refractivity contribution is 7.99. The highest BCUT2D eigenvalue weighted by Crippen LogP contribution is 2.28. The number of aryl methyl sites for hydroxylation is 1. The second kappa shape index (κ2) is 5.49. The maximum absolute atomic E-state index is 12.8. The van der Waals surface area contributed by atoms with Crippen LogP contribution in [0.2, 0.25) is 0 Å². The lowest BCUT2D eigenvalue weighted by molar-refractivity contribution is 0.624. The van der Waals surface area contributed by atoms with Gasteiger partial charge in [-0.25, -0.2) is 9.37 Å².